The van der Waals surface area contributed by atoms with Gasteiger partial charge in [-0.2, -0.15) is 0 Å². The van der Waals surface area contributed by atoms with Crippen molar-refractivity contribution in [3.8, 4) is 0 Å². The first-order valence-corrected chi connectivity index (χ1v) is 9.74. The quantitative estimate of drug-likeness (QED) is 0.366. The Morgan fingerprint density at radius 1 is 0.840 bits per heavy atom. The van der Waals surface area contributed by atoms with Crippen LogP contribution in [0.5, 0.6) is 0 Å². The molecule has 0 aliphatic heterocycles. The molecule has 0 bridgehead atoms. The maximum absolute atomic E-state index is 11.9. The van der Waals surface area contributed by atoms with Crippen LogP contribution >= 0.6 is 0 Å². The molecule has 0 saturated heterocycles. The van der Waals surface area contributed by atoms with Crippen LogP contribution in [0.4, 0.5) is 5.69 Å². The average Bonchev–Trinajstić information content (AvgIpc) is 2.61. The van der Waals surface area contributed by atoms with E-state index >= 15 is 0 Å². The molecule has 0 aliphatic rings. The fourth-order valence-corrected chi connectivity index (χ4v) is 2.55. The van der Waals surface area contributed by atoms with Crippen LogP contribution in [0.3, 0.4) is 0 Å². The lowest BCUT2D eigenvalue weighted by molar-refractivity contribution is -0.116. The van der Waals surface area contributed by atoms with Crippen LogP contribution < -0.4 is 5.32 Å². The Morgan fingerprint density at radius 2 is 1.44 bits per heavy atom. The van der Waals surface area contributed by atoms with Crippen molar-refractivity contribution in [3.05, 3.63) is 29.8 Å². The molecule has 0 atom stereocenters. The monoisotopic (exact) mass is 347 g/mol. The largest absolute Gasteiger partial charge is 0.462 e. The van der Waals surface area contributed by atoms with Gasteiger partial charge in [0.15, 0.2) is 0 Å². The van der Waals surface area contributed by atoms with Gasteiger partial charge in [0.2, 0.25) is 5.91 Å². The van der Waals surface area contributed by atoms with Gasteiger partial charge in [0, 0.05) is 12.1 Å². The first kappa shape index (κ1) is 21.2. The fourth-order valence-electron chi connectivity index (χ4n) is 2.55. The maximum atomic E-state index is 11.9. The Kier molecular flexibility index (Phi) is 11.4. The molecule has 0 saturated carbocycles. The van der Waals surface area contributed by atoms with Crippen molar-refractivity contribution in [1.29, 1.82) is 0 Å². The van der Waals surface area contributed by atoms with Crippen LogP contribution in [-0.2, 0) is 9.53 Å². The van der Waals surface area contributed by atoms with Crippen LogP contribution in [0.1, 0.15) is 88.4 Å². The van der Waals surface area contributed by atoms with E-state index in [9.17, 15) is 9.59 Å². The molecule has 0 unspecified atom stereocenters. The molecule has 0 spiro atoms. The van der Waals surface area contributed by atoms with Crippen molar-refractivity contribution in [2.45, 2.75) is 78.1 Å². The van der Waals surface area contributed by atoms with Gasteiger partial charge in [0.05, 0.1) is 12.2 Å². The number of carbonyl (C=O) groups is 2. The minimum Gasteiger partial charge on any atom is -0.462 e. The molecule has 25 heavy (non-hydrogen) atoms. The van der Waals surface area contributed by atoms with Crippen LogP contribution in [-0.4, -0.2) is 18.5 Å². The number of hydrogen-bond acceptors (Lipinski definition) is 3. The SMILES string of the molecule is CCCCCCCCCC(=O)Nc1ccc(C(=O)OCCCC)cc1. The van der Waals surface area contributed by atoms with Gasteiger partial charge >= 0.3 is 5.97 Å². The van der Waals surface area contributed by atoms with Crippen LogP contribution in [0.15, 0.2) is 24.3 Å². The van der Waals surface area contributed by atoms with Crippen molar-refractivity contribution >= 4 is 17.6 Å². The third kappa shape index (κ3) is 9.90. The van der Waals surface area contributed by atoms with Gasteiger partial charge in [-0.25, -0.2) is 4.79 Å². The number of rotatable bonds is 13. The molecule has 1 aromatic rings. The number of unbranched alkanes of at least 4 members (excludes halogenated alkanes) is 7. The van der Waals surface area contributed by atoms with Crippen molar-refractivity contribution in [2.24, 2.45) is 0 Å². The molecule has 140 valence electrons. The van der Waals surface area contributed by atoms with Crippen LogP contribution in [0, 0.1) is 0 Å². The highest BCUT2D eigenvalue weighted by atomic mass is 16.5. The van der Waals surface area contributed by atoms with Gasteiger partial charge in [0.1, 0.15) is 0 Å². The highest BCUT2D eigenvalue weighted by Gasteiger charge is 2.07. The predicted molar refractivity (Wildman–Crippen MR) is 103 cm³/mol. The molecule has 0 aliphatic carbocycles. The van der Waals surface area contributed by atoms with E-state index in [0.717, 1.165) is 31.4 Å². The topological polar surface area (TPSA) is 55.4 Å². The Hall–Kier alpha value is -1.84. The Bertz CT molecular complexity index is 496. The third-order valence-electron chi connectivity index (χ3n) is 4.14. The molecule has 1 N–H and O–H groups in total. The number of anilines is 1. The van der Waals surface area contributed by atoms with Crippen molar-refractivity contribution in [1.82, 2.24) is 0 Å². The molecule has 0 heterocycles. The van der Waals surface area contributed by atoms with E-state index in [4.69, 9.17) is 4.74 Å². The minimum atomic E-state index is -0.311. The summed E-state index contributed by atoms with van der Waals surface area (Å²) < 4.78 is 5.16. The summed E-state index contributed by atoms with van der Waals surface area (Å²) in [5.74, 6) is -0.277. The second-order valence-corrected chi connectivity index (χ2v) is 6.49. The van der Waals surface area contributed by atoms with E-state index in [0.29, 0.717) is 18.6 Å². The molecule has 4 heteroatoms. The van der Waals surface area contributed by atoms with Gasteiger partial charge in [0.25, 0.3) is 0 Å². The van der Waals surface area contributed by atoms with Gasteiger partial charge in [-0.15, -0.1) is 0 Å². The number of carbonyl (C=O) groups excluding carboxylic acids is 2. The third-order valence-corrected chi connectivity index (χ3v) is 4.14. The molecular weight excluding hydrogens is 314 g/mol. The Balaban J connectivity index is 2.23. The summed E-state index contributed by atoms with van der Waals surface area (Å²) in [6, 6.07) is 6.88. The van der Waals surface area contributed by atoms with Gasteiger partial charge in [-0.3, -0.25) is 4.79 Å². The first-order chi connectivity index (χ1) is 12.2. The molecule has 4 nitrogen and oxygen atoms in total. The summed E-state index contributed by atoms with van der Waals surface area (Å²) >= 11 is 0. The van der Waals surface area contributed by atoms with Crippen LogP contribution in [0.2, 0.25) is 0 Å². The number of ether oxygens (including phenoxy) is 1. The van der Waals surface area contributed by atoms with Gasteiger partial charge in [-0.05, 0) is 37.1 Å². The predicted octanol–water partition coefficient (Wildman–Crippen LogP) is 5.72. The zero-order valence-electron chi connectivity index (χ0n) is 15.8. The smallest absolute Gasteiger partial charge is 0.338 e. The zero-order valence-corrected chi connectivity index (χ0v) is 15.8. The number of esters is 1. The molecule has 1 rings (SSSR count). The Labute approximate surface area is 152 Å². The van der Waals surface area contributed by atoms with Crippen molar-refractivity contribution in [3.63, 3.8) is 0 Å². The van der Waals surface area contributed by atoms with E-state index in [2.05, 4.69) is 19.2 Å². The van der Waals surface area contributed by atoms with E-state index in [1.54, 1.807) is 24.3 Å². The zero-order chi connectivity index (χ0) is 18.3. The normalized spacial score (nSPS) is 10.5. The first-order valence-electron chi connectivity index (χ1n) is 9.74. The van der Waals surface area contributed by atoms with E-state index in [1.165, 1.54) is 32.1 Å². The summed E-state index contributed by atoms with van der Waals surface area (Å²) in [5.41, 5.74) is 1.24. The van der Waals surface area contributed by atoms with Gasteiger partial charge in [-0.1, -0.05) is 58.8 Å². The lowest BCUT2D eigenvalue weighted by Gasteiger charge is -2.07. The van der Waals surface area contributed by atoms with Crippen molar-refractivity contribution < 1.29 is 14.3 Å². The lowest BCUT2D eigenvalue weighted by Crippen LogP contribution is -2.11. The summed E-state index contributed by atoms with van der Waals surface area (Å²) in [5, 5.41) is 2.88. The summed E-state index contributed by atoms with van der Waals surface area (Å²) in [7, 11) is 0. The van der Waals surface area contributed by atoms with Crippen molar-refractivity contribution in [2.75, 3.05) is 11.9 Å². The van der Waals surface area contributed by atoms with E-state index in [-0.39, 0.29) is 11.9 Å². The lowest BCUT2D eigenvalue weighted by atomic mass is 10.1. The van der Waals surface area contributed by atoms with E-state index < -0.39 is 0 Å². The highest BCUT2D eigenvalue weighted by Crippen LogP contribution is 2.13. The molecule has 0 fully saturated rings. The van der Waals surface area contributed by atoms with Gasteiger partial charge < -0.3 is 10.1 Å². The Morgan fingerprint density at radius 3 is 2.08 bits per heavy atom. The molecule has 0 aromatic heterocycles. The number of benzene rings is 1. The molecule has 1 aromatic carbocycles. The maximum Gasteiger partial charge on any atom is 0.338 e. The summed E-state index contributed by atoms with van der Waals surface area (Å²) in [6.07, 6.45) is 10.8. The molecular formula is C21H33NO3. The standard InChI is InChI=1S/C21H33NO3/c1-3-5-7-8-9-10-11-12-20(23)22-19-15-13-18(14-16-19)21(24)25-17-6-4-2/h13-16H,3-12,17H2,1-2H3,(H,22,23). The summed E-state index contributed by atoms with van der Waals surface area (Å²) in [4.78, 5) is 23.8. The summed E-state index contributed by atoms with van der Waals surface area (Å²) in [6.45, 7) is 4.72. The van der Waals surface area contributed by atoms with Crippen LogP contribution in [0.25, 0.3) is 0 Å². The highest BCUT2D eigenvalue weighted by molar-refractivity contribution is 5.93. The second kappa shape index (κ2) is 13.5. The molecule has 1 amide bonds. The number of nitrogens with one attached hydrogen (secondary N) is 1. The number of amides is 1. The number of hydrogen-bond donors (Lipinski definition) is 1. The van der Waals surface area contributed by atoms with E-state index in [1.807, 2.05) is 0 Å². The molecule has 0 radical (unpaired) electrons. The minimum absolute atomic E-state index is 0.0341. The fraction of sp³-hybridized carbons (Fsp3) is 0.619. The second-order valence-electron chi connectivity index (χ2n) is 6.49. The average molecular weight is 347 g/mol.